The number of Topliss-reactive ketones (excluding diaryl/α,β-unsaturated/α-hetero) is 1. The van der Waals surface area contributed by atoms with Crippen molar-refractivity contribution in [3.05, 3.63) is 23.8 Å². The minimum atomic E-state index is -0.282. The van der Waals surface area contributed by atoms with Gasteiger partial charge in [-0.1, -0.05) is 25.7 Å². The van der Waals surface area contributed by atoms with E-state index in [9.17, 15) is 14.4 Å². The molecule has 0 amide bonds. The number of rotatable bonds is 5. The number of benzene rings is 1. The highest BCUT2D eigenvalue weighted by atomic mass is 16.5. The average molecular weight is 344 g/mol. The molecule has 0 aromatic heterocycles. The second-order valence-corrected chi connectivity index (χ2v) is 7.02. The molecule has 0 N–H and O–H groups in total. The third kappa shape index (κ3) is 4.27. The maximum atomic E-state index is 12.2. The van der Waals surface area contributed by atoms with Gasteiger partial charge >= 0.3 is 11.9 Å². The summed E-state index contributed by atoms with van der Waals surface area (Å²) in [4.78, 5) is 36.3. The standard InChI is InChI=1S/C20H24O5/c1-13(21)17-12-16(24-19(22)14-6-2-3-7-14)10-11-18(17)25-20(23)15-8-4-5-9-15/h10-12,14-15H,2-9H2,1H3. The lowest BCUT2D eigenvalue weighted by Gasteiger charge is -2.14. The third-order valence-electron chi connectivity index (χ3n) is 5.14. The Kier molecular flexibility index (Phi) is 5.51. The van der Waals surface area contributed by atoms with Gasteiger partial charge in [0.05, 0.1) is 17.4 Å². The number of carbonyl (C=O) groups excluding carboxylic acids is 3. The fraction of sp³-hybridized carbons (Fsp3) is 0.550. The van der Waals surface area contributed by atoms with E-state index < -0.39 is 0 Å². The summed E-state index contributed by atoms with van der Waals surface area (Å²) in [5.41, 5.74) is 0.267. The minimum Gasteiger partial charge on any atom is -0.426 e. The van der Waals surface area contributed by atoms with E-state index in [0.717, 1.165) is 51.4 Å². The van der Waals surface area contributed by atoms with Crippen LogP contribution in [0.3, 0.4) is 0 Å². The Hall–Kier alpha value is -2.17. The highest BCUT2D eigenvalue weighted by Crippen LogP contribution is 2.31. The van der Waals surface area contributed by atoms with Crippen LogP contribution in [0.4, 0.5) is 0 Å². The zero-order chi connectivity index (χ0) is 17.8. The van der Waals surface area contributed by atoms with Crippen molar-refractivity contribution < 1.29 is 23.9 Å². The molecule has 3 rings (SSSR count). The molecule has 0 unspecified atom stereocenters. The molecule has 0 saturated heterocycles. The number of ketones is 1. The van der Waals surface area contributed by atoms with Gasteiger partial charge in [0.2, 0.25) is 0 Å². The fourth-order valence-electron chi connectivity index (χ4n) is 3.65. The van der Waals surface area contributed by atoms with Gasteiger partial charge in [-0.05, 0) is 50.8 Å². The van der Waals surface area contributed by atoms with Crippen LogP contribution in [-0.2, 0) is 9.59 Å². The molecule has 25 heavy (non-hydrogen) atoms. The van der Waals surface area contributed by atoms with Crippen molar-refractivity contribution >= 4 is 17.7 Å². The molecule has 0 heterocycles. The first kappa shape index (κ1) is 17.6. The summed E-state index contributed by atoms with van der Waals surface area (Å²) in [7, 11) is 0. The first-order chi connectivity index (χ1) is 12.0. The van der Waals surface area contributed by atoms with Crippen LogP contribution in [-0.4, -0.2) is 17.7 Å². The number of ether oxygens (including phenoxy) is 2. The third-order valence-corrected chi connectivity index (χ3v) is 5.14. The van der Waals surface area contributed by atoms with Crippen molar-refractivity contribution in [2.24, 2.45) is 11.8 Å². The van der Waals surface area contributed by atoms with Crippen molar-refractivity contribution in [2.75, 3.05) is 0 Å². The fourth-order valence-corrected chi connectivity index (χ4v) is 3.65. The summed E-state index contributed by atoms with van der Waals surface area (Å²) in [6, 6.07) is 4.61. The van der Waals surface area contributed by atoms with E-state index in [4.69, 9.17) is 9.47 Å². The Morgan fingerprint density at radius 2 is 1.36 bits per heavy atom. The molecule has 134 valence electrons. The Labute approximate surface area is 147 Å². The molecule has 2 fully saturated rings. The summed E-state index contributed by atoms with van der Waals surface area (Å²) in [5, 5.41) is 0. The summed E-state index contributed by atoms with van der Waals surface area (Å²) >= 11 is 0. The lowest BCUT2D eigenvalue weighted by atomic mass is 10.1. The SMILES string of the molecule is CC(=O)c1cc(OC(=O)C2CCCC2)ccc1OC(=O)C1CCCC1. The lowest BCUT2D eigenvalue weighted by Crippen LogP contribution is -2.19. The predicted octanol–water partition coefficient (Wildman–Crippen LogP) is 4.08. The van der Waals surface area contributed by atoms with Crippen molar-refractivity contribution in [1.29, 1.82) is 0 Å². The van der Waals surface area contributed by atoms with Crippen LogP contribution in [0.15, 0.2) is 18.2 Å². The van der Waals surface area contributed by atoms with Crippen LogP contribution < -0.4 is 9.47 Å². The second kappa shape index (κ2) is 7.81. The number of hydrogen-bond acceptors (Lipinski definition) is 5. The molecule has 0 radical (unpaired) electrons. The molecule has 2 aliphatic carbocycles. The van der Waals surface area contributed by atoms with E-state index >= 15 is 0 Å². The summed E-state index contributed by atoms with van der Waals surface area (Å²) < 4.78 is 10.9. The molecule has 0 spiro atoms. The van der Waals surface area contributed by atoms with Crippen molar-refractivity contribution in [3.8, 4) is 11.5 Å². The Bertz CT molecular complexity index is 667. The van der Waals surface area contributed by atoms with Crippen LogP contribution in [0.5, 0.6) is 11.5 Å². The molecular formula is C20H24O5. The van der Waals surface area contributed by atoms with Gasteiger partial charge in [0.1, 0.15) is 11.5 Å². The largest absolute Gasteiger partial charge is 0.426 e. The smallest absolute Gasteiger partial charge is 0.314 e. The molecule has 0 aliphatic heterocycles. The molecule has 1 aromatic carbocycles. The molecule has 5 nitrogen and oxygen atoms in total. The monoisotopic (exact) mass is 344 g/mol. The van der Waals surface area contributed by atoms with Gasteiger partial charge in [0, 0.05) is 0 Å². The zero-order valence-corrected chi connectivity index (χ0v) is 14.6. The van der Waals surface area contributed by atoms with Gasteiger partial charge in [0.25, 0.3) is 0 Å². The first-order valence-electron chi connectivity index (χ1n) is 9.13. The van der Waals surface area contributed by atoms with Gasteiger partial charge in [-0.2, -0.15) is 0 Å². The van der Waals surface area contributed by atoms with Crippen LogP contribution in [0, 0.1) is 11.8 Å². The van der Waals surface area contributed by atoms with Crippen molar-refractivity contribution in [3.63, 3.8) is 0 Å². The van der Waals surface area contributed by atoms with Gasteiger partial charge in [-0.15, -0.1) is 0 Å². The normalized spacial score (nSPS) is 18.3. The number of hydrogen-bond donors (Lipinski definition) is 0. The van der Waals surface area contributed by atoms with Gasteiger partial charge in [0.15, 0.2) is 5.78 Å². The molecular weight excluding hydrogens is 320 g/mol. The highest BCUT2D eigenvalue weighted by molar-refractivity contribution is 5.98. The van der Waals surface area contributed by atoms with E-state index in [0.29, 0.717) is 5.75 Å². The number of esters is 2. The summed E-state index contributed by atoms with van der Waals surface area (Å²) in [6.07, 6.45) is 7.56. The van der Waals surface area contributed by atoms with Crippen LogP contribution in [0.25, 0.3) is 0 Å². The van der Waals surface area contributed by atoms with Gasteiger partial charge in [-0.3, -0.25) is 14.4 Å². The maximum absolute atomic E-state index is 12.2. The van der Waals surface area contributed by atoms with E-state index in [1.807, 2.05) is 0 Å². The molecule has 1 aromatic rings. The maximum Gasteiger partial charge on any atom is 0.314 e. The number of carbonyl (C=O) groups is 3. The second-order valence-electron chi connectivity index (χ2n) is 7.02. The Morgan fingerprint density at radius 1 is 0.840 bits per heavy atom. The predicted molar refractivity (Wildman–Crippen MR) is 91.6 cm³/mol. The van der Waals surface area contributed by atoms with Gasteiger partial charge < -0.3 is 9.47 Å². The lowest BCUT2D eigenvalue weighted by molar-refractivity contribution is -0.139. The van der Waals surface area contributed by atoms with Crippen molar-refractivity contribution in [1.82, 2.24) is 0 Å². The van der Waals surface area contributed by atoms with E-state index in [2.05, 4.69) is 0 Å². The molecule has 0 bridgehead atoms. The van der Waals surface area contributed by atoms with E-state index in [1.165, 1.54) is 13.0 Å². The summed E-state index contributed by atoms with van der Waals surface area (Å²) in [6.45, 7) is 1.41. The van der Waals surface area contributed by atoms with E-state index in [1.54, 1.807) is 12.1 Å². The quantitative estimate of drug-likeness (QED) is 0.457. The topological polar surface area (TPSA) is 69.7 Å². The molecule has 0 atom stereocenters. The molecule has 5 heteroatoms. The highest BCUT2D eigenvalue weighted by Gasteiger charge is 2.27. The van der Waals surface area contributed by atoms with Gasteiger partial charge in [-0.25, -0.2) is 0 Å². The Balaban J connectivity index is 1.72. The summed E-state index contributed by atoms with van der Waals surface area (Å²) in [5.74, 6) is -0.334. The van der Waals surface area contributed by atoms with Crippen molar-refractivity contribution in [2.45, 2.75) is 58.3 Å². The first-order valence-corrected chi connectivity index (χ1v) is 9.13. The molecule has 2 aliphatic rings. The average Bonchev–Trinajstić information content (AvgIpc) is 3.29. The van der Waals surface area contributed by atoms with Crippen LogP contribution in [0.2, 0.25) is 0 Å². The van der Waals surface area contributed by atoms with Crippen LogP contribution >= 0.6 is 0 Å². The van der Waals surface area contributed by atoms with E-state index in [-0.39, 0.29) is 40.9 Å². The molecule has 2 saturated carbocycles. The minimum absolute atomic E-state index is 0.0550. The Morgan fingerprint density at radius 3 is 1.88 bits per heavy atom. The van der Waals surface area contributed by atoms with Crippen LogP contribution in [0.1, 0.15) is 68.6 Å². The zero-order valence-electron chi connectivity index (χ0n) is 14.6.